The van der Waals surface area contributed by atoms with Crippen molar-refractivity contribution in [1.82, 2.24) is 24.4 Å². The van der Waals surface area contributed by atoms with Gasteiger partial charge >= 0.3 is 0 Å². The van der Waals surface area contributed by atoms with Crippen LogP contribution in [0, 0.1) is 0 Å². The predicted octanol–water partition coefficient (Wildman–Crippen LogP) is 0.268. The van der Waals surface area contributed by atoms with E-state index in [1.54, 1.807) is 12.4 Å². The molecular formula is C16H22N6O2. The smallest absolute Gasteiger partial charge is 0.290 e. The van der Waals surface area contributed by atoms with Crippen LogP contribution in [0.15, 0.2) is 29.6 Å². The van der Waals surface area contributed by atoms with Crippen molar-refractivity contribution in [2.24, 2.45) is 0 Å². The van der Waals surface area contributed by atoms with E-state index in [4.69, 9.17) is 0 Å². The maximum atomic E-state index is 12.4. The largest absolute Gasteiger partial charge is 0.348 e. The molecule has 3 rings (SSSR count). The standard InChI is InChI=1S/C16H22N6O2/c1-2-13-17-6-8-20(13)7-3-14(23)21-9-11-22(12-10-21)15-16(24)19-5-4-18-15/h4-6,8H,2-3,7,9-12H2,1H3,(H,19,24). The molecule has 0 aliphatic carbocycles. The second-order valence-electron chi connectivity index (χ2n) is 5.75. The molecule has 0 atom stereocenters. The Morgan fingerprint density at radius 3 is 2.71 bits per heavy atom. The van der Waals surface area contributed by atoms with Gasteiger partial charge in [-0.25, -0.2) is 9.97 Å². The van der Waals surface area contributed by atoms with Crippen LogP contribution in [-0.2, 0) is 17.8 Å². The summed E-state index contributed by atoms with van der Waals surface area (Å²) in [7, 11) is 0. The molecule has 1 N–H and O–H groups in total. The number of H-pyrrole nitrogens is 1. The Morgan fingerprint density at radius 1 is 1.21 bits per heavy atom. The van der Waals surface area contributed by atoms with Gasteiger partial charge in [0.1, 0.15) is 5.82 Å². The van der Waals surface area contributed by atoms with Crippen molar-refractivity contribution in [1.29, 1.82) is 0 Å². The molecule has 0 unspecified atom stereocenters. The Kier molecular flexibility index (Phi) is 4.93. The molecule has 2 aromatic heterocycles. The van der Waals surface area contributed by atoms with Crippen LogP contribution in [0.5, 0.6) is 0 Å². The number of carbonyl (C=O) groups is 1. The predicted molar refractivity (Wildman–Crippen MR) is 89.9 cm³/mol. The Balaban J connectivity index is 1.52. The number of piperazine rings is 1. The molecule has 0 bridgehead atoms. The van der Waals surface area contributed by atoms with E-state index in [2.05, 4.69) is 21.9 Å². The van der Waals surface area contributed by atoms with Gasteiger partial charge in [0.25, 0.3) is 5.56 Å². The Hall–Kier alpha value is -2.64. The highest BCUT2D eigenvalue weighted by Gasteiger charge is 2.23. The van der Waals surface area contributed by atoms with Crippen LogP contribution in [-0.4, -0.2) is 56.5 Å². The highest BCUT2D eigenvalue weighted by Crippen LogP contribution is 2.10. The van der Waals surface area contributed by atoms with E-state index in [9.17, 15) is 9.59 Å². The molecule has 2 aromatic rings. The van der Waals surface area contributed by atoms with Crippen molar-refractivity contribution in [3.8, 4) is 0 Å². The SMILES string of the molecule is CCc1nccn1CCC(=O)N1CCN(c2ncc[nH]c2=O)CC1. The van der Waals surface area contributed by atoms with Crippen molar-refractivity contribution < 1.29 is 4.79 Å². The Labute approximate surface area is 140 Å². The average molecular weight is 330 g/mol. The third kappa shape index (κ3) is 3.47. The minimum atomic E-state index is -0.190. The van der Waals surface area contributed by atoms with Gasteiger partial charge in [0, 0.05) is 70.4 Å². The summed E-state index contributed by atoms with van der Waals surface area (Å²) in [5, 5.41) is 0. The van der Waals surface area contributed by atoms with E-state index in [1.807, 2.05) is 20.6 Å². The van der Waals surface area contributed by atoms with E-state index in [-0.39, 0.29) is 11.5 Å². The number of amides is 1. The summed E-state index contributed by atoms with van der Waals surface area (Å²) in [4.78, 5) is 39.0. The van der Waals surface area contributed by atoms with Crippen LogP contribution in [0.2, 0.25) is 0 Å². The Bertz CT molecular complexity index is 745. The summed E-state index contributed by atoms with van der Waals surface area (Å²) in [5.41, 5.74) is -0.190. The highest BCUT2D eigenvalue weighted by atomic mass is 16.2. The molecule has 8 nitrogen and oxygen atoms in total. The molecule has 128 valence electrons. The van der Waals surface area contributed by atoms with Crippen molar-refractivity contribution in [3.63, 3.8) is 0 Å². The zero-order valence-electron chi connectivity index (χ0n) is 13.8. The number of nitrogens with one attached hydrogen (secondary N) is 1. The molecule has 0 radical (unpaired) electrons. The first-order valence-corrected chi connectivity index (χ1v) is 8.25. The van der Waals surface area contributed by atoms with Crippen LogP contribution < -0.4 is 10.5 Å². The van der Waals surface area contributed by atoms with Crippen molar-refractivity contribution >= 4 is 11.7 Å². The zero-order valence-corrected chi connectivity index (χ0v) is 13.8. The van der Waals surface area contributed by atoms with Crippen LogP contribution in [0.1, 0.15) is 19.2 Å². The lowest BCUT2D eigenvalue weighted by Crippen LogP contribution is -2.50. The minimum absolute atomic E-state index is 0.139. The van der Waals surface area contributed by atoms with E-state index in [1.165, 1.54) is 6.20 Å². The number of hydrogen-bond acceptors (Lipinski definition) is 5. The first-order valence-electron chi connectivity index (χ1n) is 8.25. The van der Waals surface area contributed by atoms with Gasteiger partial charge in [-0.1, -0.05) is 6.92 Å². The number of hydrogen-bond donors (Lipinski definition) is 1. The fourth-order valence-electron chi connectivity index (χ4n) is 2.97. The lowest BCUT2D eigenvalue weighted by atomic mass is 10.2. The molecule has 3 heterocycles. The van der Waals surface area contributed by atoms with Gasteiger partial charge in [-0.2, -0.15) is 0 Å². The molecule has 1 amide bonds. The fourth-order valence-corrected chi connectivity index (χ4v) is 2.97. The number of nitrogens with zero attached hydrogens (tertiary/aromatic N) is 5. The summed E-state index contributed by atoms with van der Waals surface area (Å²) in [6.07, 6.45) is 8.10. The summed E-state index contributed by atoms with van der Waals surface area (Å²) in [6, 6.07) is 0. The summed E-state index contributed by atoms with van der Waals surface area (Å²) >= 11 is 0. The van der Waals surface area contributed by atoms with E-state index in [0.29, 0.717) is 45.0 Å². The third-order valence-corrected chi connectivity index (χ3v) is 4.31. The summed E-state index contributed by atoms with van der Waals surface area (Å²) < 4.78 is 2.03. The highest BCUT2D eigenvalue weighted by molar-refractivity contribution is 5.76. The molecule has 0 spiro atoms. The van der Waals surface area contributed by atoms with Gasteiger partial charge in [0.05, 0.1) is 0 Å². The number of aromatic nitrogens is 4. The minimum Gasteiger partial charge on any atom is -0.348 e. The van der Waals surface area contributed by atoms with Crippen LogP contribution in [0.25, 0.3) is 0 Å². The van der Waals surface area contributed by atoms with Gasteiger partial charge in [0.15, 0.2) is 5.82 Å². The topological polar surface area (TPSA) is 87.1 Å². The molecule has 8 heteroatoms. The molecule has 1 fully saturated rings. The first kappa shape index (κ1) is 16.2. The second-order valence-corrected chi connectivity index (χ2v) is 5.75. The van der Waals surface area contributed by atoms with Crippen molar-refractivity contribution in [2.75, 3.05) is 31.1 Å². The number of anilines is 1. The van der Waals surface area contributed by atoms with E-state index >= 15 is 0 Å². The van der Waals surface area contributed by atoms with Gasteiger partial charge in [-0.3, -0.25) is 9.59 Å². The molecule has 0 aromatic carbocycles. The number of carbonyl (C=O) groups excluding carboxylic acids is 1. The lowest BCUT2D eigenvalue weighted by Gasteiger charge is -2.35. The van der Waals surface area contributed by atoms with Crippen molar-refractivity contribution in [2.45, 2.75) is 26.3 Å². The third-order valence-electron chi connectivity index (χ3n) is 4.31. The molecule has 1 aliphatic heterocycles. The fraction of sp³-hybridized carbons (Fsp3) is 0.500. The number of aryl methyl sites for hydroxylation is 2. The van der Waals surface area contributed by atoms with Crippen molar-refractivity contribution in [3.05, 3.63) is 41.0 Å². The van der Waals surface area contributed by atoms with Crippen LogP contribution >= 0.6 is 0 Å². The van der Waals surface area contributed by atoms with Gasteiger partial charge in [-0.05, 0) is 0 Å². The number of aromatic amines is 1. The molecule has 1 aliphatic rings. The van der Waals surface area contributed by atoms with Crippen LogP contribution in [0.3, 0.4) is 0 Å². The van der Waals surface area contributed by atoms with Crippen LogP contribution in [0.4, 0.5) is 5.82 Å². The second kappa shape index (κ2) is 7.29. The quantitative estimate of drug-likeness (QED) is 0.850. The summed E-state index contributed by atoms with van der Waals surface area (Å²) in [6.45, 7) is 5.17. The molecular weight excluding hydrogens is 308 g/mol. The molecule has 24 heavy (non-hydrogen) atoms. The van der Waals surface area contributed by atoms with Gasteiger partial charge < -0.3 is 19.4 Å². The van der Waals surface area contributed by atoms with Gasteiger partial charge in [0.2, 0.25) is 5.91 Å². The van der Waals surface area contributed by atoms with E-state index in [0.717, 1.165) is 12.2 Å². The number of imidazole rings is 1. The number of rotatable bonds is 5. The normalized spacial score (nSPS) is 14.9. The maximum Gasteiger partial charge on any atom is 0.290 e. The Morgan fingerprint density at radius 2 is 2.00 bits per heavy atom. The molecule has 0 saturated carbocycles. The summed E-state index contributed by atoms with van der Waals surface area (Å²) in [5.74, 6) is 1.57. The van der Waals surface area contributed by atoms with E-state index < -0.39 is 0 Å². The first-order chi connectivity index (χ1) is 11.7. The zero-order chi connectivity index (χ0) is 16.9. The lowest BCUT2D eigenvalue weighted by molar-refractivity contribution is -0.131. The maximum absolute atomic E-state index is 12.4. The average Bonchev–Trinajstić information content (AvgIpc) is 3.08. The van der Waals surface area contributed by atoms with Gasteiger partial charge in [-0.15, -0.1) is 0 Å². The molecule has 1 saturated heterocycles. The monoisotopic (exact) mass is 330 g/mol.